The molecule has 118 valence electrons. The van der Waals surface area contributed by atoms with Crippen molar-refractivity contribution in [2.45, 2.75) is 30.8 Å². The fourth-order valence-electron chi connectivity index (χ4n) is 2.34. The molecule has 1 fully saturated rings. The summed E-state index contributed by atoms with van der Waals surface area (Å²) in [5, 5.41) is 20.2. The third-order valence-corrected chi connectivity index (χ3v) is 5.00. The molecule has 1 saturated heterocycles. The molecule has 0 aromatic carbocycles. The van der Waals surface area contributed by atoms with Gasteiger partial charge in [-0.25, -0.2) is 4.98 Å². The number of nitrogens with two attached hydrogens (primary N) is 1. The highest BCUT2D eigenvalue weighted by Gasteiger charge is 2.44. The normalized spacial score (nSPS) is 29.7. The van der Waals surface area contributed by atoms with Crippen LogP contribution in [0.1, 0.15) is 18.1 Å². The Balaban J connectivity index is 2.16. The van der Waals surface area contributed by atoms with E-state index in [1.165, 1.54) is 6.20 Å². The number of nitrogens with one attached hydrogen (secondary N) is 1. The minimum absolute atomic E-state index is 0.00283. The van der Waals surface area contributed by atoms with Crippen molar-refractivity contribution < 1.29 is 14.9 Å². The fourth-order valence-corrected chi connectivity index (χ4v) is 3.30. The number of aliphatic hydroxyl groups is 2. The Kier molecular flexibility index (Phi) is 4.58. The second kappa shape index (κ2) is 5.93. The van der Waals surface area contributed by atoms with Gasteiger partial charge in [-0.05, 0) is 25.9 Å². The lowest BCUT2D eigenvalue weighted by Gasteiger charge is -2.18. The van der Waals surface area contributed by atoms with E-state index in [2.05, 4.69) is 29.6 Å². The van der Waals surface area contributed by atoms with Crippen LogP contribution in [-0.2, 0) is 4.74 Å². The van der Waals surface area contributed by atoms with Crippen molar-refractivity contribution in [3.05, 3.63) is 22.1 Å². The molecule has 0 spiro atoms. The van der Waals surface area contributed by atoms with Gasteiger partial charge in [-0.1, -0.05) is 0 Å². The van der Waals surface area contributed by atoms with Gasteiger partial charge in [0, 0.05) is 6.20 Å². The monoisotopic (exact) mass is 315 g/mol. The molecule has 0 unspecified atom stereocenters. The van der Waals surface area contributed by atoms with Crippen molar-refractivity contribution in [2.75, 3.05) is 25.2 Å². The van der Waals surface area contributed by atoms with Crippen LogP contribution >= 0.6 is 6.89 Å². The van der Waals surface area contributed by atoms with Crippen LogP contribution in [0.3, 0.4) is 0 Å². The molecule has 0 radical (unpaired) electrons. The number of aliphatic hydroxyl groups excluding tert-OH is 2. The molecule has 7 nitrogen and oxygen atoms in total. The molecular weight excluding hydrogens is 293 g/mol. The van der Waals surface area contributed by atoms with Gasteiger partial charge in [-0.15, -0.1) is 13.2 Å². The summed E-state index contributed by atoms with van der Waals surface area (Å²) in [5.41, 5.74) is 5.09. The van der Waals surface area contributed by atoms with E-state index < -0.39 is 36.9 Å². The van der Waals surface area contributed by atoms with Gasteiger partial charge in [0.1, 0.15) is 18.3 Å². The number of nitrogen functional groups attached to an aromatic ring is 1. The number of aromatic nitrogens is 2. The van der Waals surface area contributed by atoms with Gasteiger partial charge in [0.05, 0.1) is 11.7 Å². The molecule has 8 heteroatoms. The van der Waals surface area contributed by atoms with E-state index >= 15 is 0 Å². The average Bonchev–Trinajstić information content (AvgIpc) is 2.64. The second-order valence-electron chi connectivity index (χ2n) is 6.08. The lowest BCUT2D eigenvalue weighted by molar-refractivity contribution is 0.00519. The lowest BCUT2D eigenvalue weighted by Crippen LogP contribution is -2.32. The summed E-state index contributed by atoms with van der Waals surface area (Å²) in [6, 6.07) is 0. The maximum atomic E-state index is 11.9. The molecule has 21 heavy (non-hydrogen) atoms. The molecule has 4 atom stereocenters. The van der Waals surface area contributed by atoms with Crippen molar-refractivity contribution in [3.63, 3.8) is 0 Å². The summed E-state index contributed by atoms with van der Waals surface area (Å²) < 4.78 is 5.68. The maximum absolute atomic E-state index is 11.9. The molecule has 0 saturated carbocycles. The molecule has 1 aromatic heterocycles. The van der Waals surface area contributed by atoms with E-state index in [9.17, 15) is 15.0 Å². The summed E-state index contributed by atoms with van der Waals surface area (Å²) in [7, 11) is 0. The van der Waals surface area contributed by atoms with E-state index in [0.717, 1.165) is 6.16 Å². The molecule has 0 bridgehead atoms. The number of H-pyrrole nitrogens is 1. The van der Waals surface area contributed by atoms with Gasteiger partial charge >= 0.3 is 0 Å². The standard InChI is InChI=1S/C13H22N3O4P/c1-21(2,3)5-4-8-9(17)10(18)11(20-8)7-6-15-13(14)16-12(7)19/h6,8-11,17-18H,1,4-5H2,2-3H3,(H3,14,15,16,19)/t8-,9-,10-,11+/m1/s1. The summed E-state index contributed by atoms with van der Waals surface area (Å²) in [4.78, 5) is 18.0. The Hall–Kier alpha value is -1.14. The number of ether oxygens (including phenoxy) is 1. The number of hydrogen-bond acceptors (Lipinski definition) is 6. The third kappa shape index (κ3) is 3.74. The van der Waals surface area contributed by atoms with Crippen molar-refractivity contribution in [1.29, 1.82) is 0 Å². The Bertz CT molecular complexity index is 612. The van der Waals surface area contributed by atoms with Gasteiger partial charge in [0.15, 0.2) is 5.95 Å². The minimum atomic E-state index is -1.24. The molecular formula is C13H22N3O4P. The zero-order chi connectivity index (χ0) is 15.8. The average molecular weight is 315 g/mol. The highest BCUT2D eigenvalue weighted by molar-refractivity contribution is 7.72. The molecule has 5 N–H and O–H groups in total. The Morgan fingerprint density at radius 1 is 1.48 bits per heavy atom. The fraction of sp³-hybridized carbons (Fsp3) is 0.615. The van der Waals surface area contributed by atoms with Crippen LogP contribution in [0, 0.1) is 0 Å². The first-order valence-electron chi connectivity index (χ1n) is 6.72. The van der Waals surface area contributed by atoms with Gasteiger partial charge < -0.3 is 20.7 Å². The van der Waals surface area contributed by atoms with Crippen molar-refractivity contribution in [1.82, 2.24) is 9.97 Å². The zero-order valence-corrected chi connectivity index (χ0v) is 13.1. The largest absolute Gasteiger partial charge is 0.388 e. The predicted molar refractivity (Wildman–Crippen MR) is 84.3 cm³/mol. The third-order valence-electron chi connectivity index (χ3n) is 3.53. The van der Waals surface area contributed by atoms with Gasteiger partial charge in [-0.3, -0.25) is 9.78 Å². The SMILES string of the molecule is C=P(C)(C)CC[C@H]1O[C@@H](c2cnc(N)[nH]c2=O)[C@H](O)[C@@H]1O. The van der Waals surface area contributed by atoms with Crippen LogP contribution < -0.4 is 11.3 Å². The quantitative estimate of drug-likeness (QED) is 0.562. The highest BCUT2D eigenvalue weighted by atomic mass is 31.2. The molecule has 0 amide bonds. The lowest BCUT2D eigenvalue weighted by atomic mass is 10.0. The number of anilines is 1. The van der Waals surface area contributed by atoms with Crippen LogP contribution in [-0.4, -0.2) is 64.3 Å². The first-order chi connectivity index (χ1) is 9.69. The number of aromatic amines is 1. The van der Waals surface area contributed by atoms with Crippen molar-refractivity contribution in [2.24, 2.45) is 0 Å². The zero-order valence-electron chi connectivity index (χ0n) is 12.2. The first kappa shape index (κ1) is 16.2. The van der Waals surface area contributed by atoms with Gasteiger partial charge in [0.25, 0.3) is 5.56 Å². The topological polar surface area (TPSA) is 121 Å². The smallest absolute Gasteiger partial charge is 0.258 e. The molecule has 1 aliphatic heterocycles. The van der Waals surface area contributed by atoms with Crippen LogP contribution in [0.25, 0.3) is 0 Å². The maximum Gasteiger partial charge on any atom is 0.258 e. The van der Waals surface area contributed by atoms with E-state index in [1.54, 1.807) is 0 Å². The molecule has 1 aromatic rings. The number of rotatable bonds is 4. The van der Waals surface area contributed by atoms with E-state index in [4.69, 9.17) is 10.5 Å². The van der Waals surface area contributed by atoms with E-state index in [0.29, 0.717) is 6.42 Å². The second-order valence-corrected chi connectivity index (χ2v) is 10.4. The van der Waals surface area contributed by atoms with Crippen molar-refractivity contribution in [3.8, 4) is 0 Å². The van der Waals surface area contributed by atoms with Crippen LogP contribution in [0.15, 0.2) is 11.0 Å². The highest BCUT2D eigenvalue weighted by Crippen LogP contribution is 2.40. The van der Waals surface area contributed by atoms with Crippen LogP contribution in [0.2, 0.25) is 0 Å². The summed E-state index contributed by atoms with van der Waals surface area (Å²) in [5.74, 6) is -0.00283. The Morgan fingerprint density at radius 2 is 2.14 bits per heavy atom. The van der Waals surface area contributed by atoms with E-state index in [1.807, 2.05) is 0 Å². The minimum Gasteiger partial charge on any atom is -0.388 e. The first-order valence-corrected chi connectivity index (χ1v) is 9.78. The van der Waals surface area contributed by atoms with Gasteiger partial charge in [0.2, 0.25) is 0 Å². The summed E-state index contributed by atoms with van der Waals surface area (Å²) >= 11 is 0. The Morgan fingerprint density at radius 3 is 2.71 bits per heavy atom. The summed E-state index contributed by atoms with van der Waals surface area (Å²) in [6.45, 7) is 2.95. The van der Waals surface area contributed by atoms with Crippen LogP contribution in [0.4, 0.5) is 5.95 Å². The molecule has 2 rings (SSSR count). The summed E-state index contributed by atoms with van der Waals surface area (Å²) in [6.07, 6.45) is 3.22. The van der Waals surface area contributed by atoms with Crippen molar-refractivity contribution >= 4 is 19.1 Å². The van der Waals surface area contributed by atoms with Gasteiger partial charge in [-0.2, -0.15) is 0 Å². The van der Waals surface area contributed by atoms with Crippen LogP contribution in [0.5, 0.6) is 0 Å². The Labute approximate surface area is 123 Å². The molecule has 0 aliphatic carbocycles. The molecule has 2 heterocycles. The predicted octanol–water partition coefficient (Wildman–Crippen LogP) is -0.387. The number of nitrogens with zero attached hydrogens (tertiary/aromatic N) is 1. The molecule has 1 aliphatic rings. The van der Waals surface area contributed by atoms with E-state index in [-0.39, 0.29) is 11.5 Å². The number of hydrogen-bond donors (Lipinski definition) is 4.